The van der Waals surface area contributed by atoms with Crippen LogP contribution in [0.1, 0.15) is 11.3 Å². The first-order chi connectivity index (χ1) is 8.90. The van der Waals surface area contributed by atoms with E-state index >= 15 is 0 Å². The van der Waals surface area contributed by atoms with Gasteiger partial charge in [-0.25, -0.2) is 4.98 Å². The van der Waals surface area contributed by atoms with Crippen molar-refractivity contribution in [2.75, 3.05) is 0 Å². The van der Waals surface area contributed by atoms with Gasteiger partial charge < -0.3 is 0 Å². The highest BCUT2D eigenvalue weighted by atomic mass is 35.5. The number of pyridine rings is 2. The lowest BCUT2D eigenvalue weighted by Gasteiger charge is -2.06. The van der Waals surface area contributed by atoms with E-state index in [0.29, 0.717) is 11.3 Å². The smallest absolute Gasteiger partial charge is 0.251 e. The van der Waals surface area contributed by atoms with Crippen molar-refractivity contribution in [2.45, 2.75) is 6.18 Å². The van der Waals surface area contributed by atoms with Crippen molar-refractivity contribution in [1.82, 2.24) is 9.97 Å². The van der Waals surface area contributed by atoms with E-state index in [-0.39, 0.29) is 10.7 Å². The Labute approximate surface area is 111 Å². The predicted molar refractivity (Wildman–Crippen MR) is 62.2 cm³/mol. The first-order valence-electron chi connectivity index (χ1n) is 5.01. The molecule has 0 spiro atoms. The van der Waals surface area contributed by atoms with Crippen LogP contribution in [0.4, 0.5) is 13.2 Å². The Bertz CT molecular complexity index is 645. The Morgan fingerprint density at radius 2 is 1.95 bits per heavy atom. The molecule has 2 rings (SSSR count). The normalized spacial score (nSPS) is 11.1. The number of hydrogen-bond donors (Lipinski definition) is 0. The molecule has 0 aliphatic heterocycles. The van der Waals surface area contributed by atoms with Crippen LogP contribution in [0.15, 0.2) is 30.5 Å². The fourth-order valence-electron chi connectivity index (χ4n) is 1.42. The summed E-state index contributed by atoms with van der Waals surface area (Å²) in [7, 11) is 0. The van der Waals surface area contributed by atoms with Crippen LogP contribution in [-0.2, 0) is 6.18 Å². The number of halogens is 4. The van der Waals surface area contributed by atoms with Crippen LogP contribution < -0.4 is 0 Å². The van der Waals surface area contributed by atoms with E-state index in [2.05, 4.69) is 9.97 Å². The van der Waals surface area contributed by atoms with Crippen LogP contribution in [0.3, 0.4) is 0 Å². The SMILES string of the molecule is N#Cc1cc(Cl)nc(-c2ccc(C(F)(F)F)nc2)c1. The Balaban J connectivity index is 2.43. The minimum Gasteiger partial charge on any atom is -0.251 e. The number of aromatic nitrogens is 2. The molecular weight excluding hydrogens is 279 g/mol. The maximum Gasteiger partial charge on any atom is 0.433 e. The van der Waals surface area contributed by atoms with Gasteiger partial charge in [-0.1, -0.05) is 11.6 Å². The summed E-state index contributed by atoms with van der Waals surface area (Å²) in [4.78, 5) is 7.26. The van der Waals surface area contributed by atoms with Gasteiger partial charge in [-0.2, -0.15) is 18.4 Å². The monoisotopic (exact) mass is 283 g/mol. The maximum atomic E-state index is 12.4. The van der Waals surface area contributed by atoms with Crippen molar-refractivity contribution in [1.29, 1.82) is 5.26 Å². The second kappa shape index (κ2) is 4.86. The number of hydrogen-bond acceptors (Lipinski definition) is 3. The summed E-state index contributed by atoms with van der Waals surface area (Å²) in [6, 6.07) is 6.76. The molecule has 2 aromatic heterocycles. The molecule has 0 saturated heterocycles. The lowest BCUT2D eigenvalue weighted by Crippen LogP contribution is -2.07. The Kier molecular flexibility index (Phi) is 3.40. The fraction of sp³-hybridized carbons (Fsp3) is 0.0833. The molecule has 3 nitrogen and oxygen atoms in total. The maximum absolute atomic E-state index is 12.4. The number of nitrogens with zero attached hydrogens (tertiary/aromatic N) is 3. The van der Waals surface area contributed by atoms with E-state index in [1.54, 1.807) is 0 Å². The van der Waals surface area contributed by atoms with Gasteiger partial charge in [0.15, 0.2) is 0 Å². The topological polar surface area (TPSA) is 49.6 Å². The van der Waals surface area contributed by atoms with Gasteiger partial charge in [0.25, 0.3) is 0 Å². The molecule has 2 heterocycles. The fourth-order valence-corrected chi connectivity index (χ4v) is 1.63. The van der Waals surface area contributed by atoms with Crippen LogP contribution in [0.2, 0.25) is 5.15 Å². The molecule has 0 unspecified atom stereocenters. The molecule has 0 aromatic carbocycles. The summed E-state index contributed by atoms with van der Waals surface area (Å²) < 4.78 is 37.1. The van der Waals surface area contributed by atoms with Gasteiger partial charge in [0, 0.05) is 11.8 Å². The van der Waals surface area contributed by atoms with Crippen LogP contribution in [0.5, 0.6) is 0 Å². The predicted octanol–water partition coefficient (Wildman–Crippen LogP) is 3.69. The minimum absolute atomic E-state index is 0.0916. The van der Waals surface area contributed by atoms with Crippen LogP contribution in [0.25, 0.3) is 11.3 Å². The van der Waals surface area contributed by atoms with Crippen LogP contribution in [0, 0.1) is 11.3 Å². The van der Waals surface area contributed by atoms with Crippen molar-refractivity contribution in [3.05, 3.63) is 46.9 Å². The summed E-state index contributed by atoms with van der Waals surface area (Å²) >= 11 is 5.72. The lowest BCUT2D eigenvalue weighted by molar-refractivity contribution is -0.141. The number of rotatable bonds is 1. The number of nitriles is 1. The third-order valence-electron chi connectivity index (χ3n) is 2.27. The molecular formula is C12H5ClF3N3. The molecule has 0 bridgehead atoms. The average molecular weight is 284 g/mol. The number of alkyl halides is 3. The van der Waals surface area contributed by atoms with Gasteiger partial charge in [-0.15, -0.1) is 0 Å². The van der Waals surface area contributed by atoms with Crippen molar-refractivity contribution in [3.63, 3.8) is 0 Å². The molecule has 7 heteroatoms. The molecule has 0 aliphatic carbocycles. The van der Waals surface area contributed by atoms with Gasteiger partial charge in [0.05, 0.1) is 17.3 Å². The van der Waals surface area contributed by atoms with E-state index in [1.165, 1.54) is 18.2 Å². The first kappa shape index (κ1) is 13.3. The molecule has 0 saturated carbocycles. The highest BCUT2D eigenvalue weighted by molar-refractivity contribution is 6.29. The Morgan fingerprint density at radius 3 is 2.47 bits per heavy atom. The zero-order valence-corrected chi connectivity index (χ0v) is 10.00. The zero-order valence-electron chi connectivity index (χ0n) is 9.24. The summed E-state index contributed by atoms with van der Waals surface area (Å²) in [5.74, 6) is 0. The summed E-state index contributed by atoms with van der Waals surface area (Å²) in [5, 5.41) is 8.87. The molecule has 0 radical (unpaired) electrons. The van der Waals surface area contributed by atoms with Crippen molar-refractivity contribution >= 4 is 11.6 Å². The standard InChI is InChI=1S/C12H5ClF3N3/c13-11-4-7(5-17)3-9(19-11)8-1-2-10(18-6-8)12(14,15)16/h1-4,6H. The average Bonchev–Trinajstić information content (AvgIpc) is 2.37. The molecule has 0 atom stereocenters. The molecule has 0 fully saturated rings. The van der Waals surface area contributed by atoms with Gasteiger partial charge in [0.2, 0.25) is 0 Å². The molecule has 0 N–H and O–H groups in total. The van der Waals surface area contributed by atoms with Gasteiger partial charge in [-0.3, -0.25) is 4.98 Å². The summed E-state index contributed by atoms with van der Waals surface area (Å²) in [6.45, 7) is 0. The summed E-state index contributed by atoms with van der Waals surface area (Å²) in [6.07, 6.45) is -3.44. The van der Waals surface area contributed by atoms with E-state index in [1.807, 2.05) is 6.07 Å². The Hall–Kier alpha value is -2.13. The second-order valence-corrected chi connectivity index (χ2v) is 3.99. The minimum atomic E-state index is -4.49. The third kappa shape index (κ3) is 3.01. The first-order valence-corrected chi connectivity index (χ1v) is 5.39. The van der Waals surface area contributed by atoms with E-state index < -0.39 is 11.9 Å². The summed E-state index contributed by atoms with van der Waals surface area (Å²) in [5.41, 5.74) is -0.0639. The van der Waals surface area contributed by atoms with Crippen molar-refractivity contribution < 1.29 is 13.2 Å². The highest BCUT2D eigenvalue weighted by Crippen LogP contribution is 2.29. The van der Waals surface area contributed by atoms with Gasteiger partial charge in [0.1, 0.15) is 10.8 Å². The largest absolute Gasteiger partial charge is 0.433 e. The van der Waals surface area contributed by atoms with E-state index in [0.717, 1.165) is 12.3 Å². The molecule has 0 aliphatic rings. The van der Waals surface area contributed by atoms with E-state index in [4.69, 9.17) is 16.9 Å². The lowest BCUT2D eigenvalue weighted by atomic mass is 10.1. The van der Waals surface area contributed by atoms with Gasteiger partial charge in [-0.05, 0) is 24.3 Å². The quantitative estimate of drug-likeness (QED) is 0.750. The third-order valence-corrected chi connectivity index (χ3v) is 2.47. The second-order valence-electron chi connectivity index (χ2n) is 3.61. The highest BCUT2D eigenvalue weighted by Gasteiger charge is 2.32. The molecule has 19 heavy (non-hydrogen) atoms. The van der Waals surface area contributed by atoms with Gasteiger partial charge >= 0.3 is 6.18 Å². The molecule has 2 aromatic rings. The molecule has 0 amide bonds. The molecule has 96 valence electrons. The van der Waals surface area contributed by atoms with Crippen LogP contribution in [-0.4, -0.2) is 9.97 Å². The van der Waals surface area contributed by atoms with Crippen LogP contribution >= 0.6 is 11.6 Å². The zero-order chi connectivity index (χ0) is 14.0. The van der Waals surface area contributed by atoms with Crippen molar-refractivity contribution in [3.8, 4) is 17.3 Å². The van der Waals surface area contributed by atoms with Crippen molar-refractivity contribution in [2.24, 2.45) is 0 Å². The Morgan fingerprint density at radius 1 is 1.21 bits per heavy atom. The van der Waals surface area contributed by atoms with E-state index in [9.17, 15) is 13.2 Å².